The first-order valence-electron chi connectivity index (χ1n) is 6.96. The first kappa shape index (κ1) is 13.0. The second-order valence-corrected chi connectivity index (χ2v) is 5.32. The van der Waals surface area contributed by atoms with Gasteiger partial charge in [0.1, 0.15) is 0 Å². The Bertz CT molecular complexity index is 178. The summed E-state index contributed by atoms with van der Waals surface area (Å²) in [7, 11) is 0. The van der Waals surface area contributed by atoms with Crippen LogP contribution < -0.4 is 0 Å². The van der Waals surface area contributed by atoms with Crippen LogP contribution in [-0.4, -0.2) is 24.5 Å². The Balaban J connectivity index is 0.000000531. The van der Waals surface area contributed by atoms with Crippen LogP contribution in [0.1, 0.15) is 59.8 Å². The van der Waals surface area contributed by atoms with Gasteiger partial charge in [0.05, 0.1) is 0 Å². The summed E-state index contributed by atoms with van der Waals surface area (Å²) in [6.07, 6.45) is 7.45. The largest absolute Gasteiger partial charge is 0.303 e. The zero-order valence-electron chi connectivity index (χ0n) is 11.2. The maximum Gasteiger partial charge on any atom is 0.00384 e. The minimum Gasteiger partial charge on any atom is -0.303 e. The van der Waals surface area contributed by atoms with Crippen LogP contribution in [-0.2, 0) is 0 Å². The molecule has 1 nitrogen and oxygen atoms in total. The highest BCUT2D eigenvalue weighted by molar-refractivity contribution is 4.92. The monoisotopic (exact) mass is 211 g/mol. The van der Waals surface area contributed by atoms with Gasteiger partial charge in [0.25, 0.3) is 0 Å². The van der Waals surface area contributed by atoms with Crippen molar-refractivity contribution in [1.82, 2.24) is 4.90 Å². The van der Waals surface area contributed by atoms with E-state index in [2.05, 4.69) is 18.7 Å². The fourth-order valence-corrected chi connectivity index (χ4v) is 3.44. The fraction of sp³-hybridized carbons (Fsp3) is 1.00. The third-order valence-electron chi connectivity index (χ3n) is 4.15. The Morgan fingerprint density at radius 3 is 2.53 bits per heavy atom. The van der Waals surface area contributed by atoms with Gasteiger partial charge in [0.15, 0.2) is 0 Å². The van der Waals surface area contributed by atoms with Gasteiger partial charge in [-0.2, -0.15) is 0 Å². The molecule has 0 aromatic rings. The molecule has 0 aromatic heterocycles. The quantitative estimate of drug-likeness (QED) is 0.635. The summed E-state index contributed by atoms with van der Waals surface area (Å²) in [5.74, 6) is 0.991. The molecule has 1 saturated heterocycles. The van der Waals surface area contributed by atoms with Crippen molar-refractivity contribution in [2.75, 3.05) is 19.6 Å². The zero-order valence-corrected chi connectivity index (χ0v) is 11.2. The van der Waals surface area contributed by atoms with E-state index in [-0.39, 0.29) is 0 Å². The van der Waals surface area contributed by atoms with E-state index in [1.165, 1.54) is 51.7 Å². The molecule has 2 rings (SSSR count). The molecular formula is C14H29N. The minimum atomic E-state index is 0.744. The van der Waals surface area contributed by atoms with Crippen LogP contribution in [0.2, 0.25) is 0 Å². The molecule has 0 amide bonds. The van der Waals surface area contributed by atoms with E-state index < -0.39 is 0 Å². The number of nitrogens with zero attached hydrogens (tertiary/aromatic N) is 1. The molecule has 1 heterocycles. The predicted octanol–water partition coefficient (Wildman–Crippen LogP) is 3.93. The van der Waals surface area contributed by atoms with E-state index in [0.29, 0.717) is 0 Å². The molecule has 2 aliphatic rings. The van der Waals surface area contributed by atoms with E-state index in [1.807, 2.05) is 13.8 Å². The average Bonchev–Trinajstić information content (AvgIpc) is 2.64. The van der Waals surface area contributed by atoms with Crippen LogP contribution in [0.25, 0.3) is 0 Å². The summed E-state index contributed by atoms with van der Waals surface area (Å²) in [5, 5.41) is 0. The summed E-state index contributed by atoms with van der Waals surface area (Å²) >= 11 is 0. The van der Waals surface area contributed by atoms with Gasteiger partial charge in [-0.25, -0.2) is 0 Å². The second-order valence-electron chi connectivity index (χ2n) is 5.32. The highest BCUT2D eigenvalue weighted by Crippen LogP contribution is 2.45. The van der Waals surface area contributed by atoms with Crippen molar-refractivity contribution in [2.45, 2.75) is 59.8 Å². The van der Waals surface area contributed by atoms with Gasteiger partial charge in [-0.3, -0.25) is 0 Å². The smallest absolute Gasteiger partial charge is 0.00384 e. The van der Waals surface area contributed by atoms with Crippen LogP contribution in [0.4, 0.5) is 0 Å². The first-order valence-corrected chi connectivity index (χ1v) is 6.96. The molecule has 15 heavy (non-hydrogen) atoms. The van der Waals surface area contributed by atoms with Gasteiger partial charge in [0, 0.05) is 6.54 Å². The Morgan fingerprint density at radius 1 is 1.27 bits per heavy atom. The summed E-state index contributed by atoms with van der Waals surface area (Å²) in [4.78, 5) is 2.64. The van der Waals surface area contributed by atoms with Crippen molar-refractivity contribution in [3.8, 4) is 0 Å². The van der Waals surface area contributed by atoms with E-state index in [0.717, 1.165) is 11.3 Å². The molecule has 1 aliphatic heterocycles. The number of hydrogen-bond acceptors (Lipinski definition) is 1. The minimum absolute atomic E-state index is 0.744. The summed E-state index contributed by atoms with van der Waals surface area (Å²) < 4.78 is 0. The van der Waals surface area contributed by atoms with Crippen molar-refractivity contribution in [3.63, 3.8) is 0 Å². The van der Waals surface area contributed by atoms with E-state index in [1.54, 1.807) is 0 Å². The van der Waals surface area contributed by atoms with Gasteiger partial charge in [0.2, 0.25) is 0 Å². The van der Waals surface area contributed by atoms with Crippen LogP contribution in [0.3, 0.4) is 0 Å². The van der Waals surface area contributed by atoms with E-state index in [9.17, 15) is 0 Å². The highest BCUT2D eigenvalue weighted by atomic mass is 15.1. The Kier molecular flexibility index (Phi) is 5.11. The van der Waals surface area contributed by atoms with Crippen LogP contribution >= 0.6 is 0 Å². The van der Waals surface area contributed by atoms with E-state index in [4.69, 9.17) is 0 Å². The van der Waals surface area contributed by atoms with Gasteiger partial charge in [-0.05, 0) is 43.7 Å². The summed E-state index contributed by atoms with van der Waals surface area (Å²) in [5.41, 5.74) is 0.744. The van der Waals surface area contributed by atoms with E-state index >= 15 is 0 Å². The molecule has 1 heteroatoms. The maximum atomic E-state index is 2.64. The Hall–Kier alpha value is -0.0400. The number of hydrogen-bond donors (Lipinski definition) is 0. The zero-order chi connectivity index (χ0) is 11.3. The number of likely N-dealkylation sites (tertiary alicyclic amines) is 1. The summed E-state index contributed by atoms with van der Waals surface area (Å²) in [6, 6.07) is 0. The van der Waals surface area contributed by atoms with Gasteiger partial charge < -0.3 is 4.90 Å². The van der Waals surface area contributed by atoms with Gasteiger partial charge in [-0.1, -0.05) is 40.5 Å². The third-order valence-corrected chi connectivity index (χ3v) is 4.15. The molecule has 0 radical (unpaired) electrons. The molecule has 90 valence electrons. The van der Waals surface area contributed by atoms with Crippen molar-refractivity contribution in [2.24, 2.45) is 11.3 Å². The lowest BCUT2D eigenvalue weighted by Gasteiger charge is -2.36. The van der Waals surface area contributed by atoms with Crippen molar-refractivity contribution in [1.29, 1.82) is 0 Å². The normalized spacial score (nSPS) is 36.4. The summed E-state index contributed by atoms with van der Waals surface area (Å²) in [6.45, 7) is 12.8. The molecule has 0 N–H and O–H groups in total. The lowest BCUT2D eigenvalue weighted by Crippen LogP contribution is -2.31. The fourth-order valence-electron chi connectivity index (χ4n) is 3.44. The van der Waals surface area contributed by atoms with Gasteiger partial charge >= 0.3 is 0 Å². The topological polar surface area (TPSA) is 3.24 Å². The average molecular weight is 211 g/mol. The van der Waals surface area contributed by atoms with Crippen LogP contribution in [0.5, 0.6) is 0 Å². The molecule has 2 atom stereocenters. The molecule has 2 unspecified atom stereocenters. The third kappa shape index (κ3) is 3.21. The Morgan fingerprint density at radius 2 is 2.00 bits per heavy atom. The lowest BCUT2D eigenvalue weighted by molar-refractivity contribution is 0.150. The molecule has 2 fully saturated rings. The second kappa shape index (κ2) is 5.89. The van der Waals surface area contributed by atoms with Crippen molar-refractivity contribution in [3.05, 3.63) is 0 Å². The lowest BCUT2D eigenvalue weighted by atomic mass is 9.70. The van der Waals surface area contributed by atoms with Crippen LogP contribution in [0.15, 0.2) is 0 Å². The van der Waals surface area contributed by atoms with Gasteiger partial charge in [-0.15, -0.1) is 0 Å². The van der Waals surface area contributed by atoms with Crippen molar-refractivity contribution >= 4 is 0 Å². The molecular weight excluding hydrogens is 182 g/mol. The molecule has 1 aliphatic carbocycles. The molecule has 0 aromatic carbocycles. The molecule has 1 saturated carbocycles. The first-order chi connectivity index (χ1) is 7.24. The number of rotatable bonds is 1. The van der Waals surface area contributed by atoms with Crippen LogP contribution in [0, 0.1) is 11.3 Å². The predicted molar refractivity (Wildman–Crippen MR) is 68.1 cm³/mol. The van der Waals surface area contributed by atoms with Crippen molar-refractivity contribution < 1.29 is 0 Å². The maximum absolute atomic E-state index is 2.64. The highest BCUT2D eigenvalue weighted by Gasteiger charge is 2.39. The SMILES string of the molecule is CC.CCN1CCC2(CCCC(C)C2)C1. The molecule has 0 bridgehead atoms. The molecule has 1 spiro atoms. The Labute approximate surface area is 96.2 Å². The standard InChI is InChI=1S/C12H23N.C2H6/c1-3-13-8-7-12(10-13)6-4-5-11(2)9-12;1-2/h11H,3-10H2,1-2H3;1-2H3.